The van der Waals surface area contributed by atoms with Crippen LogP contribution in [0.4, 0.5) is 0 Å². The number of rotatable bonds is 0. The SMILES string of the molecule is O=C1C(=O)C2CCC(CC2)C1=O. The van der Waals surface area contributed by atoms with Crippen molar-refractivity contribution in [3.05, 3.63) is 0 Å². The third-order valence-corrected chi connectivity index (χ3v) is 2.92. The molecule has 3 saturated carbocycles. The Hall–Kier alpha value is -0.990. The first-order valence-corrected chi connectivity index (χ1v) is 4.32. The van der Waals surface area contributed by atoms with E-state index in [2.05, 4.69) is 0 Å². The number of carbonyl (C=O) groups is 3. The molecule has 3 fully saturated rings. The van der Waals surface area contributed by atoms with E-state index in [9.17, 15) is 14.4 Å². The molecule has 0 aromatic carbocycles. The van der Waals surface area contributed by atoms with Crippen molar-refractivity contribution in [3.63, 3.8) is 0 Å². The molecule has 0 spiro atoms. The number of carbonyl (C=O) groups excluding carboxylic acids is 3. The Morgan fingerprint density at radius 3 is 1.42 bits per heavy atom. The van der Waals surface area contributed by atoms with Crippen LogP contribution in [0.5, 0.6) is 0 Å². The van der Waals surface area contributed by atoms with Crippen LogP contribution in [0.15, 0.2) is 0 Å². The predicted octanol–water partition coefficient (Wildman–Crippen LogP) is 0.514. The van der Waals surface area contributed by atoms with E-state index in [-0.39, 0.29) is 11.8 Å². The molecular weight excluding hydrogens is 156 g/mol. The van der Waals surface area contributed by atoms with Crippen molar-refractivity contribution in [1.29, 1.82) is 0 Å². The Balaban J connectivity index is 2.38. The van der Waals surface area contributed by atoms with Gasteiger partial charge in [-0.3, -0.25) is 14.4 Å². The van der Waals surface area contributed by atoms with Gasteiger partial charge < -0.3 is 0 Å². The monoisotopic (exact) mass is 166 g/mol. The van der Waals surface area contributed by atoms with Crippen molar-refractivity contribution < 1.29 is 14.4 Å². The van der Waals surface area contributed by atoms with Gasteiger partial charge in [0, 0.05) is 11.8 Å². The van der Waals surface area contributed by atoms with E-state index < -0.39 is 17.3 Å². The molecule has 12 heavy (non-hydrogen) atoms. The molecule has 3 heteroatoms. The van der Waals surface area contributed by atoms with Crippen LogP contribution in [0.3, 0.4) is 0 Å². The van der Waals surface area contributed by atoms with Crippen LogP contribution in [0.25, 0.3) is 0 Å². The molecule has 0 saturated heterocycles. The first kappa shape index (κ1) is 7.65. The minimum atomic E-state index is -0.736. The normalized spacial score (nSPS) is 35.5. The van der Waals surface area contributed by atoms with Crippen molar-refractivity contribution in [3.8, 4) is 0 Å². The molecule has 0 amide bonds. The molecule has 3 rings (SSSR count). The number of hydrogen-bond acceptors (Lipinski definition) is 3. The fraction of sp³-hybridized carbons (Fsp3) is 0.667. The minimum absolute atomic E-state index is 0.139. The first-order valence-electron chi connectivity index (χ1n) is 4.32. The number of Topliss-reactive ketones (excluding diaryl/α,β-unsaturated/α-hetero) is 3. The van der Waals surface area contributed by atoms with Crippen molar-refractivity contribution in [2.45, 2.75) is 25.7 Å². The molecule has 64 valence electrons. The van der Waals surface area contributed by atoms with E-state index in [4.69, 9.17) is 0 Å². The summed E-state index contributed by atoms with van der Waals surface area (Å²) in [5, 5.41) is 0. The third-order valence-electron chi connectivity index (χ3n) is 2.92. The fourth-order valence-corrected chi connectivity index (χ4v) is 2.11. The van der Waals surface area contributed by atoms with Gasteiger partial charge in [0.2, 0.25) is 11.6 Å². The van der Waals surface area contributed by atoms with E-state index in [1.165, 1.54) is 0 Å². The molecule has 0 heterocycles. The minimum Gasteiger partial charge on any atom is -0.290 e. The fourth-order valence-electron chi connectivity index (χ4n) is 2.11. The van der Waals surface area contributed by atoms with Crippen LogP contribution in [0, 0.1) is 11.8 Å². The first-order chi connectivity index (χ1) is 5.70. The van der Waals surface area contributed by atoms with Crippen molar-refractivity contribution in [2.24, 2.45) is 11.8 Å². The van der Waals surface area contributed by atoms with Gasteiger partial charge in [-0.2, -0.15) is 0 Å². The highest BCUT2D eigenvalue weighted by molar-refractivity contribution is 6.65. The molecule has 0 radical (unpaired) electrons. The van der Waals surface area contributed by atoms with Gasteiger partial charge >= 0.3 is 0 Å². The lowest BCUT2D eigenvalue weighted by Crippen LogP contribution is -2.26. The van der Waals surface area contributed by atoms with Crippen molar-refractivity contribution >= 4 is 17.3 Å². The van der Waals surface area contributed by atoms with E-state index in [0.29, 0.717) is 0 Å². The van der Waals surface area contributed by atoms with Gasteiger partial charge in [0.1, 0.15) is 0 Å². The summed E-state index contributed by atoms with van der Waals surface area (Å²) in [4.78, 5) is 33.6. The molecule has 3 aliphatic rings. The van der Waals surface area contributed by atoms with Gasteiger partial charge in [-0.15, -0.1) is 0 Å². The molecule has 0 atom stereocenters. The van der Waals surface area contributed by atoms with Gasteiger partial charge in [0.25, 0.3) is 5.78 Å². The summed E-state index contributed by atoms with van der Waals surface area (Å²) in [5.74, 6) is -1.87. The summed E-state index contributed by atoms with van der Waals surface area (Å²) >= 11 is 0. The van der Waals surface area contributed by atoms with Crippen LogP contribution in [0.1, 0.15) is 25.7 Å². The summed E-state index contributed by atoms with van der Waals surface area (Å²) < 4.78 is 0. The summed E-state index contributed by atoms with van der Waals surface area (Å²) in [7, 11) is 0. The summed E-state index contributed by atoms with van der Waals surface area (Å²) in [6.45, 7) is 0. The number of hydrogen-bond donors (Lipinski definition) is 0. The molecule has 0 N–H and O–H groups in total. The molecule has 0 aromatic heterocycles. The summed E-state index contributed by atoms with van der Waals surface area (Å²) in [6, 6.07) is 0. The van der Waals surface area contributed by atoms with Crippen molar-refractivity contribution in [2.75, 3.05) is 0 Å². The molecular formula is C9H10O3. The zero-order valence-electron chi connectivity index (χ0n) is 6.71. The molecule has 0 unspecified atom stereocenters. The number of ketones is 3. The predicted molar refractivity (Wildman–Crippen MR) is 40.5 cm³/mol. The molecule has 3 nitrogen and oxygen atoms in total. The topological polar surface area (TPSA) is 51.2 Å². The zero-order valence-corrected chi connectivity index (χ0v) is 6.71. The lowest BCUT2D eigenvalue weighted by Gasteiger charge is -2.19. The Labute approximate surface area is 70.1 Å². The summed E-state index contributed by atoms with van der Waals surface area (Å²) in [5.41, 5.74) is 0. The standard InChI is InChI=1S/C9H10O3/c10-7-5-1-2-6(4-3-5)8(11)9(7)12/h5-6H,1-4H2. The van der Waals surface area contributed by atoms with Crippen molar-refractivity contribution in [1.82, 2.24) is 0 Å². The molecule has 0 aromatic rings. The average molecular weight is 166 g/mol. The molecule has 3 aliphatic carbocycles. The van der Waals surface area contributed by atoms with E-state index >= 15 is 0 Å². The molecule has 2 bridgehead atoms. The lowest BCUT2D eigenvalue weighted by atomic mass is 9.84. The highest BCUT2D eigenvalue weighted by Gasteiger charge is 2.42. The maximum Gasteiger partial charge on any atom is 0.264 e. The Morgan fingerprint density at radius 1 is 0.750 bits per heavy atom. The highest BCUT2D eigenvalue weighted by Crippen LogP contribution is 2.33. The van der Waals surface area contributed by atoms with Crippen LogP contribution >= 0.6 is 0 Å². The van der Waals surface area contributed by atoms with Crippen LogP contribution in [0.2, 0.25) is 0 Å². The largest absolute Gasteiger partial charge is 0.290 e. The van der Waals surface area contributed by atoms with Crippen LogP contribution in [-0.4, -0.2) is 17.3 Å². The average Bonchev–Trinajstić information content (AvgIpc) is 2.27. The smallest absolute Gasteiger partial charge is 0.264 e. The zero-order chi connectivity index (χ0) is 8.72. The van der Waals surface area contributed by atoms with E-state index in [1.807, 2.05) is 0 Å². The second-order valence-corrected chi connectivity index (χ2v) is 3.61. The van der Waals surface area contributed by atoms with Gasteiger partial charge in [-0.05, 0) is 25.7 Å². The van der Waals surface area contributed by atoms with E-state index in [0.717, 1.165) is 25.7 Å². The lowest BCUT2D eigenvalue weighted by molar-refractivity contribution is -0.145. The quantitative estimate of drug-likeness (QED) is 0.493. The second-order valence-electron chi connectivity index (χ2n) is 3.61. The van der Waals surface area contributed by atoms with Gasteiger partial charge in [0.05, 0.1) is 0 Å². The van der Waals surface area contributed by atoms with Crippen LogP contribution in [-0.2, 0) is 14.4 Å². The maximum absolute atomic E-state index is 11.2. The Bertz CT molecular complexity index is 233. The van der Waals surface area contributed by atoms with Gasteiger partial charge in [-0.1, -0.05) is 0 Å². The maximum atomic E-state index is 11.2. The molecule has 0 aliphatic heterocycles. The van der Waals surface area contributed by atoms with Crippen LogP contribution < -0.4 is 0 Å². The van der Waals surface area contributed by atoms with Gasteiger partial charge in [-0.25, -0.2) is 0 Å². The highest BCUT2D eigenvalue weighted by atomic mass is 16.2. The second kappa shape index (κ2) is 2.51. The van der Waals surface area contributed by atoms with E-state index in [1.54, 1.807) is 0 Å². The number of fused-ring (bicyclic) bond motifs is 4. The third kappa shape index (κ3) is 0.924. The Kier molecular flexibility index (Phi) is 1.60. The Morgan fingerprint density at radius 2 is 1.08 bits per heavy atom. The van der Waals surface area contributed by atoms with Gasteiger partial charge in [0.15, 0.2) is 0 Å². The summed E-state index contributed by atoms with van der Waals surface area (Å²) in [6.07, 6.45) is 2.95.